The molecular formula is C28H25ClF6N2O3S2. The van der Waals surface area contributed by atoms with E-state index < -0.39 is 57.8 Å². The molecule has 226 valence electrons. The van der Waals surface area contributed by atoms with E-state index >= 15 is 0 Å². The van der Waals surface area contributed by atoms with Crippen LogP contribution < -0.4 is 10.0 Å². The topological polar surface area (TPSA) is 75.3 Å². The fraction of sp³-hybridized carbons (Fsp3) is 0.393. The van der Waals surface area contributed by atoms with Crippen LogP contribution in [0.25, 0.3) is 0 Å². The van der Waals surface area contributed by atoms with Gasteiger partial charge in [0, 0.05) is 18.2 Å². The summed E-state index contributed by atoms with van der Waals surface area (Å²) < 4.78 is 109. The summed E-state index contributed by atoms with van der Waals surface area (Å²) in [6.45, 7) is 0. The fourth-order valence-corrected chi connectivity index (χ4v) is 8.76. The Bertz CT molecular complexity index is 1600. The number of hydrogen-bond donors (Lipinski definition) is 2. The van der Waals surface area contributed by atoms with E-state index in [2.05, 4.69) is 10.0 Å². The Morgan fingerprint density at radius 3 is 2.21 bits per heavy atom. The maximum absolute atomic E-state index is 13.4. The normalized spacial score (nSPS) is 20.7. The van der Waals surface area contributed by atoms with E-state index in [-0.39, 0.29) is 22.1 Å². The average Bonchev–Trinajstić information content (AvgIpc) is 3.44. The van der Waals surface area contributed by atoms with Crippen LogP contribution >= 0.6 is 22.9 Å². The third-order valence-corrected chi connectivity index (χ3v) is 11.0. The highest BCUT2D eigenvalue weighted by molar-refractivity contribution is 7.91. The lowest BCUT2D eigenvalue weighted by Crippen LogP contribution is -2.41. The number of nitrogens with one attached hydrogen (secondary N) is 2. The van der Waals surface area contributed by atoms with Crippen molar-refractivity contribution < 1.29 is 39.6 Å². The van der Waals surface area contributed by atoms with Crippen molar-refractivity contribution in [3.05, 3.63) is 80.7 Å². The predicted molar refractivity (Wildman–Crippen MR) is 147 cm³/mol. The highest BCUT2D eigenvalue weighted by Gasteiger charge is 2.41. The van der Waals surface area contributed by atoms with E-state index in [9.17, 15) is 39.6 Å². The first kappa shape index (κ1) is 30.8. The molecule has 5 rings (SSSR count). The first-order chi connectivity index (χ1) is 19.6. The third-order valence-electron chi connectivity index (χ3n) is 7.84. The lowest BCUT2D eigenvalue weighted by Gasteiger charge is -2.23. The van der Waals surface area contributed by atoms with Gasteiger partial charge in [-0.25, -0.2) is 13.1 Å². The van der Waals surface area contributed by atoms with Gasteiger partial charge in [0.05, 0.1) is 15.5 Å². The molecule has 0 spiro atoms. The van der Waals surface area contributed by atoms with Gasteiger partial charge in [0.25, 0.3) is 0 Å². The average molecular weight is 651 g/mol. The second-order valence-corrected chi connectivity index (χ2v) is 14.3. The Morgan fingerprint density at radius 1 is 0.905 bits per heavy atom. The summed E-state index contributed by atoms with van der Waals surface area (Å²) in [6.07, 6.45) is -7.80. The van der Waals surface area contributed by atoms with Crippen molar-refractivity contribution in [2.45, 2.75) is 61.1 Å². The fourth-order valence-electron chi connectivity index (χ4n) is 5.88. The number of halogens is 7. The Morgan fingerprint density at radius 2 is 1.60 bits per heavy atom. The number of sulfonamides is 1. The molecule has 3 unspecified atom stereocenters. The predicted octanol–water partition coefficient (Wildman–Crippen LogP) is 7.48. The van der Waals surface area contributed by atoms with Crippen LogP contribution in [-0.4, -0.2) is 20.4 Å². The molecule has 14 heteroatoms. The molecule has 1 fully saturated rings. The summed E-state index contributed by atoms with van der Waals surface area (Å²) in [5, 5.41) is 2.64. The number of amides is 1. The summed E-state index contributed by atoms with van der Waals surface area (Å²) in [4.78, 5) is 12.6. The molecule has 2 aliphatic carbocycles. The molecule has 0 aliphatic heterocycles. The Kier molecular flexibility index (Phi) is 8.42. The number of aryl methyl sites for hydroxylation is 1. The van der Waals surface area contributed by atoms with E-state index in [1.807, 2.05) is 6.07 Å². The molecule has 2 N–H and O–H groups in total. The molecule has 5 nitrogen and oxygen atoms in total. The van der Waals surface area contributed by atoms with Crippen LogP contribution in [0.4, 0.5) is 32.0 Å². The van der Waals surface area contributed by atoms with Gasteiger partial charge in [-0.2, -0.15) is 26.3 Å². The largest absolute Gasteiger partial charge is 0.416 e. The van der Waals surface area contributed by atoms with Crippen LogP contribution in [0.5, 0.6) is 0 Å². The van der Waals surface area contributed by atoms with Crippen molar-refractivity contribution in [1.29, 1.82) is 0 Å². The molecular weight excluding hydrogens is 626 g/mol. The highest BCUT2D eigenvalue weighted by atomic mass is 35.5. The maximum Gasteiger partial charge on any atom is 0.416 e. The lowest BCUT2D eigenvalue weighted by atomic mass is 9.93. The standard InChI is InChI=1S/C28H25ClF6N2O3S2/c29-23-8-10-25(41-23)42(39,40)37-26-17-1-2-18(26)12-19-14-21(6-3-15(19)11-17)36-24(38)9-4-16-13-20(27(30,31)32)5-7-22(16)28(33,34)35/h3,5-8,10,13-14,17-18,26,37H,1-2,4,9,11-12H2,(H,36,38). The van der Waals surface area contributed by atoms with Crippen molar-refractivity contribution in [3.63, 3.8) is 0 Å². The van der Waals surface area contributed by atoms with Crippen molar-refractivity contribution in [3.8, 4) is 0 Å². The summed E-state index contributed by atoms with van der Waals surface area (Å²) in [6, 6.07) is 9.18. The quantitative estimate of drug-likeness (QED) is 0.260. The van der Waals surface area contributed by atoms with Crippen molar-refractivity contribution >= 4 is 44.6 Å². The van der Waals surface area contributed by atoms with Crippen molar-refractivity contribution in [2.24, 2.45) is 11.8 Å². The van der Waals surface area contributed by atoms with Gasteiger partial charge in [-0.05, 0) is 103 Å². The smallest absolute Gasteiger partial charge is 0.326 e. The molecule has 42 heavy (non-hydrogen) atoms. The second kappa shape index (κ2) is 11.5. The van der Waals surface area contributed by atoms with Gasteiger partial charge in [-0.1, -0.05) is 17.7 Å². The summed E-state index contributed by atoms with van der Waals surface area (Å²) >= 11 is 6.91. The number of anilines is 1. The zero-order valence-corrected chi connectivity index (χ0v) is 24.2. The van der Waals surface area contributed by atoms with Gasteiger partial charge in [-0.3, -0.25) is 4.79 Å². The second-order valence-electron chi connectivity index (χ2n) is 10.6. The van der Waals surface area contributed by atoms with Crippen molar-refractivity contribution in [1.82, 2.24) is 4.72 Å². The summed E-state index contributed by atoms with van der Waals surface area (Å²) in [5.41, 5.74) is -0.685. The summed E-state index contributed by atoms with van der Waals surface area (Å²) in [5.74, 6) is -0.540. The van der Waals surface area contributed by atoms with Crippen LogP contribution in [0.15, 0.2) is 52.7 Å². The number of benzene rings is 2. The number of thiophene rings is 1. The lowest BCUT2D eigenvalue weighted by molar-refractivity contribution is -0.141. The molecule has 2 bridgehead atoms. The van der Waals surface area contributed by atoms with Gasteiger partial charge in [-0.15, -0.1) is 11.3 Å². The van der Waals surface area contributed by atoms with Gasteiger partial charge >= 0.3 is 12.4 Å². The number of fused-ring (bicyclic) bond motifs is 3. The third kappa shape index (κ3) is 6.79. The number of carbonyl (C=O) groups is 1. The van der Waals surface area contributed by atoms with Gasteiger partial charge in [0.15, 0.2) is 0 Å². The van der Waals surface area contributed by atoms with Gasteiger partial charge < -0.3 is 5.32 Å². The van der Waals surface area contributed by atoms with Gasteiger partial charge in [0.2, 0.25) is 15.9 Å². The van der Waals surface area contributed by atoms with E-state index in [0.29, 0.717) is 41.1 Å². The number of alkyl halides is 6. The molecule has 3 aromatic rings. The minimum absolute atomic E-state index is 0.0223. The molecule has 1 heterocycles. The zero-order valence-electron chi connectivity index (χ0n) is 21.8. The molecule has 3 atom stereocenters. The minimum Gasteiger partial charge on any atom is -0.326 e. The SMILES string of the molecule is O=C(CCc1cc(C(F)(F)F)ccc1C(F)(F)F)Nc1ccc2c(c1)CC1CCC(C2)C1NS(=O)(=O)c1ccc(Cl)s1. The van der Waals surface area contributed by atoms with Crippen molar-refractivity contribution in [2.75, 3.05) is 5.32 Å². The molecule has 0 radical (unpaired) electrons. The van der Waals surface area contributed by atoms with Gasteiger partial charge in [0.1, 0.15) is 4.21 Å². The first-order valence-corrected chi connectivity index (χ1v) is 15.7. The van der Waals surface area contributed by atoms with Crippen LogP contribution in [0, 0.1) is 11.8 Å². The molecule has 1 aromatic heterocycles. The summed E-state index contributed by atoms with van der Waals surface area (Å²) in [7, 11) is -3.75. The van der Waals surface area contributed by atoms with E-state index in [0.717, 1.165) is 35.3 Å². The van der Waals surface area contributed by atoms with Crippen LogP contribution in [-0.2, 0) is 46.4 Å². The Balaban J connectivity index is 1.27. The Labute approximate surface area is 247 Å². The van der Waals surface area contributed by atoms with Crippen LogP contribution in [0.3, 0.4) is 0 Å². The first-order valence-electron chi connectivity index (χ1n) is 13.1. The molecule has 1 saturated carbocycles. The number of carbonyl (C=O) groups excluding carboxylic acids is 1. The van der Waals surface area contributed by atoms with E-state index in [4.69, 9.17) is 11.6 Å². The minimum atomic E-state index is -4.87. The van der Waals surface area contributed by atoms with E-state index in [1.165, 1.54) is 12.1 Å². The highest BCUT2D eigenvalue weighted by Crippen LogP contribution is 2.42. The van der Waals surface area contributed by atoms with Crippen LogP contribution in [0.1, 0.15) is 47.1 Å². The molecule has 2 aromatic carbocycles. The zero-order chi connectivity index (χ0) is 30.4. The monoisotopic (exact) mass is 650 g/mol. The molecule has 2 aliphatic rings. The Hall–Kier alpha value is -2.61. The van der Waals surface area contributed by atoms with E-state index in [1.54, 1.807) is 12.1 Å². The number of rotatable bonds is 7. The maximum atomic E-state index is 13.4. The molecule has 0 saturated heterocycles. The number of hydrogen-bond acceptors (Lipinski definition) is 4. The van der Waals surface area contributed by atoms with Crippen LogP contribution in [0.2, 0.25) is 4.34 Å². The molecule has 1 amide bonds.